The molecular formula is C18H18FN3OS. The standard InChI is InChI=1S/C18H18FN3OS/c1-23-15-4-2-3-14(12-15)21-7-9-22(10-8-21)18-20-16-6-5-13(19)11-17(16)24-18/h2-6,11-12H,7-10H2,1H3. The summed E-state index contributed by atoms with van der Waals surface area (Å²) in [5.41, 5.74) is 2.05. The molecule has 4 nitrogen and oxygen atoms in total. The molecule has 1 saturated heterocycles. The maximum absolute atomic E-state index is 13.3. The molecule has 3 aromatic rings. The Morgan fingerprint density at radius 1 is 1.04 bits per heavy atom. The summed E-state index contributed by atoms with van der Waals surface area (Å²) >= 11 is 1.56. The van der Waals surface area contributed by atoms with Gasteiger partial charge in [0.2, 0.25) is 0 Å². The molecule has 2 aromatic carbocycles. The largest absolute Gasteiger partial charge is 0.497 e. The van der Waals surface area contributed by atoms with E-state index >= 15 is 0 Å². The molecule has 0 amide bonds. The Balaban J connectivity index is 1.48. The van der Waals surface area contributed by atoms with E-state index in [4.69, 9.17) is 4.74 Å². The molecule has 0 bridgehead atoms. The van der Waals surface area contributed by atoms with Crippen LogP contribution in [0.5, 0.6) is 5.75 Å². The third-order valence-corrected chi connectivity index (χ3v) is 5.39. The molecule has 24 heavy (non-hydrogen) atoms. The van der Waals surface area contributed by atoms with E-state index < -0.39 is 0 Å². The first-order chi connectivity index (χ1) is 11.7. The number of methoxy groups -OCH3 is 1. The van der Waals surface area contributed by atoms with Gasteiger partial charge in [-0.2, -0.15) is 0 Å². The molecule has 6 heteroatoms. The average Bonchev–Trinajstić information content (AvgIpc) is 3.05. The van der Waals surface area contributed by atoms with Crippen molar-refractivity contribution in [3.05, 3.63) is 48.3 Å². The lowest BCUT2D eigenvalue weighted by atomic mass is 10.2. The van der Waals surface area contributed by atoms with Crippen LogP contribution >= 0.6 is 11.3 Å². The number of ether oxygens (including phenoxy) is 1. The molecule has 0 aliphatic carbocycles. The van der Waals surface area contributed by atoms with Gasteiger partial charge in [-0.05, 0) is 30.3 Å². The van der Waals surface area contributed by atoms with Crippen LogP contribution in [-0.4, -0.2) is 38.3 Å². The summed E-state index contributed by atoms with van der Waals surface area (Å²) in [6.07, 6.45) is 0. The third kappa shape index (κ3) is 2.89. The molecule has 124 valence electrons. The van der Waals surface area contributed by atoms with Gasteiger partial charge in [0.15, 0.2) is 5.13 Å². The number of anilines is 2. The lowest BCUT2D eigenvalue weighted by molar-refractivity contribution is 0.414. The number of aromatic nitrogens is 1. The first kappa shape index (κ1) is 15.2. The number of hydrogen-bond acceptors (Lipinski definition) is 5. The van der Waals surface area contributed by atoms with E-state index in [0.29, 0.717) is 0 Å². The summed E-state index contributed by atoms with van der Waals surface area (Å²) < 4.78 is 19.5. The van der Waals surface area contributed by atoms with Crippen molar-refractivity contribution < 1.29 is 9.13 Å². The third-order valence-electron chi connectivity index (χ3n) is 4.31. The monoisotopic (exact) mass is 343 g/mol. The van der Waals surface area contributed by atoms with Crippen molar-refractivity contribution in [2.45, 2.75) is 0 Å². The SMILES string of the molecule is COc1cccc(N2CCN(c3nc4ccc(F)cc4s3)CC2)c1. The minimum atomic E-state index is -0.208. The number of halogens is 1. The molecule has 0 atom stereocenters. The van der Waals surface area contributed by atoms with E-state index in [-0.39, 0.29) is 5.82 Å². The Morgan fingerprint density at radius 2 is 1.83 bits per heavy atom. The average molecular weight is 343 g/mol. The van der Waals surface area contributed by atoms with E-state index in [1.807, 2.05) is 12.1 Å². The van der Waals surface area contributed by atoms with Crippen molar-refractivity contribution in [1.29, 1.82) is 0 Å². The molecule has 0 unspecified atom stereocenters. The van der Waals surface area contributed by atoms with E-state index in [9.17, 15) is 4.39 Å². The van der Waals surface area contributed by atoms with Crippen LogP contribution in [0.4, 0.5) is 15.2 Å². The van der Waals surface area contributed by atoms with E-state index in [1.54, 1.807) is 30.6 Å². The highest BCUT2D eigenvalue weighted by Crippen LogP contribution is 2.30. The molecule has 4 rings (SSSR count). The molecule has 0 saturated carbocycles. The summed E-state index contributed by atoms with van der Waals surface area (Å²) in [7, 11) is 1.69. The van der Waals surface area contributed by atoms with Crippen LogP contribution in [0.1, 0.15) is 0 Å². The van der Waals surface area contributed by atoms with Gasteiger partial charge in [-0.25, -0.2) is 9.37 Å². The summed E-state index contributed by atoms with van der Waals surface area (Å²) in [5.74, 6) is 0.670. The second-order valence-electron chi connectivity index (χ2n) is 5.78. The van der Waals surface area contributed by atoms with E-state index in [2.05, 4.69) is 26.9 Å². The molecule has 1 aromatic heterocycles. The maximum atomic E-state index is 13.3. The Bertz CT molecular complexity index is 858. The van der Waals surface area contributed by atoms with E-state index in [0.717, 1.165) is 47.3 Å². The molecule has 1 fully saturated rings. The molecule has 0 N–H and O–H groups in total. The van der Waals surface area contributed by atoms with Crippen LogP contribution in [-0.2, 0) is 0 Å². The lowest BCUT2D eigenvalue weighted by Crippen LogP contribution is -2.46. The zero-order chi connectivity index (χ0) is 16.5. The second-order valence-corrected chi connectivity index (χ2v) is 6.79. The van der Waals surface area contributed by atoms with Crippen molar-refractivity contribution >= 4 is 32.4 Å². The number of nitrogens with zero attached hydrogens (tertiary/aromatic N) is 3. The topological polar surface area (TPSA) is 28.6 Å². The normalized spacial score (nSPS) is 15.1. The first-order valence-corrected chi connectivity index (χ1v) is 8.74. The van der Waals surface area contributed by atoms with Crippen molar-refractivity contribution in [1.82, 2.24) is 4.98 Å². The summed E-state index contributed by atoms with van der Waals surface area (Å²) in [4.78, 5) is 9.27. The van der Waals surface area contributed by atoms with E-state index in [1.165, 1.54) is 11.8 Å². The van der Waals surface area contributed by atoms with Crippen LogP contribution in [0.25, 0.3) is 10.2 Å². The number of benzene rings is 2. The van der Waals surface area contributed by atoms with Crippen molar-refractivity contribution in [2.75, 3.05) is 43.1 Å². The summed E-state index contributed by atoms with van der Waals surface area (Å²) in [6.45, 7) is 3.66. The van der Waals surface area contributed by atoms with Crippen LogP contribution in [0, 0.1) is 5.82 Å². The molecule has 1 aliphatic heterocycles. The van der Waals surface area contributed by atoms with Crippen LogP contribution in [0.2, 0.25) is 0 Å². The highest BCUT2D eigenvalue weighted by Gasteiger charge is 2.20. The van der Waals surface area contributed by atoms with Gasteiger partial charge in [0.05, 0.1) is 17.3 Å². The number of rotatable bonds is 3. The van der Waals surface area contributed by atoms with Crippen LogP contribution < -0.4 is 14.5 Å². The fraction of sp³-hybridized carbons (Fsp3) is 0.278. The predicted octanol–water partition coefficient (Wildman–Crippen LogP) is 3.77. The van der Waals surface area contributed by atoms with Gasteiger partial charge in [0, 0.05) is 37.9 Å². The van der Waals surface area contributed by atoms with Gasteiger partial charge in [-0.3, -0.25) is 0 Å². The Kier molecular flexibility index (Phi) is 3.98. The van der Waals surface area contributed by atoms with Crippen LogP contribution in [0.3, 0.4) is 0 Å². The zero-order valence-corrected chi connectivity index (χ0v) is 14.2. The van der Waals surface area contributed by atoms with Crippen molar-refractivity contribution in [2.24, 2.45) is 0 Å². The molecule has 1 aliphatic rings. The molecule has 0 radical (unpaired) electrons. The van der Waals surface area contributed by atoms with Gasteiger partial charge >= 0.3 is 0 Å². The minimum absolute atomic E-state index is 0.208. The highest BCUT2D eigenvalue weighted by molar-refractivity contribution is 7.22. The van der Waals surface area contributed by atoms with Gasteiger partial charge in [0.1, 0.15) is 11.6 Å². The van der Waals surface area contributed by atoms with Crippen molar-refractivity contribution in [3.63, 3.8) is 0 Å². The number of piperazine rings is 1. The fourth-order valence-electron chi connectivity index (χ4n) is 2.98. The number of hydrogen-bond donors (Lipinski definition) is 0. The van der Waals surface area contributed by atoms with Gasteiger partial charge in [-0.1, -0.05) is 17.4 Å². The molecule has 0 spiro atoms. The molecule has 2 heterocycles. The number of thiazole rings is 1. The maximum Gasteiger partial charge on any atom is 0.186 e. The smallest absolute Gasteiger partial charge is 0.186 e. The lowest BCUT2D eigenvalue weighted by Gasteiger charge is -2.36. The van der Waals surface area contributed by atoms with Crippen molar-refractivity contribution in [3.8, 4) is 5.75 Å². The van der Waals surface area contributed by atoms with Gasteiger partial charge in [0.25, 0.3) is 0 Å². The van der Waals surface area contributed by atoms with Gasteiger partial charge in [-0.15, -0.1) is 0 Å². The fourth-order valence-corrected chi connectivity index (χ4v) is 4.03. The first-order valence-electron chi connectivity index (χ1n) is 7.93. The Labute approximate surface area is 144 Å². The minimum Gasteiger partial charge on any atom is -0.497 e. The Hall–Kier alpha value is -2.34. The number of fused-ring (bicyclic) bond motifs is 1. The highest BCUT2D eigenvalue weighted by atomic mass is 32.1. The predicted molar refractivity (Wildman–Crippen MR) is 97.0 cm³/mol. The quantitative estimate of drug-likeness (QED) is 0.724. The Morgan fingerprint density at radius 3 is 2.62 bits per heavy atom. The van der Waals surface area contributed by atoms with Gasteiger partial charge < -0.3 is 14.5 Å². The second kappa shape index (κ2) is 6.28. The van der Waals surface area contributed by atoms with Crippen LogP contribution in [0.15, 0.2) is 42.5 Å². The zero-order valence-electron chi connectivity index (χ0n) is 13.4. The molecular weight excluding hydrogens is 325 g/mol. The summed E-state index contributed by atoms with van der Waals surface area (Å²) in [5, 5.41) is 0.973. The summed E-state index contributed by atoms with van der Waals surface area (Å²) in [6, 6.07) is 12.9.